The third-order valence-corrected chi connectivity index (χ3v) is 5.32. The van der Waals surface area contributed by atoms with Crippen LogP contribution in [0.25, 0.3) is 0 Å². The van der Waals surface area contributed by atoms with Crippen molar-refractivity contribution >= 4 is 29.1 Å². The first-order chi connectivity index (χ1) is 12.6. The van der Waals surface area contributed by atoms with Gasteiger partial charge in [0.2, 0.25) is 0 Å². The van der Waals surface area contributed by atoms with Crippen LogP contribution in [-0.2, 0) is 4.74 Å². The lowest BCUT2D eigenvalue weighted by Crippen LogP contribution is -3.15. The first-order valence-corrected chi connectivity index (χ1v) is 9.55. The number of hydrogen-bond acceptors (Lipinski definition) is 2. The minimum atomic E-state index is -0.187. The average Bonchev–Trinajstić information content (AvgIpc) is 2.63. The van der Waals surface area contributed by atoms with Crippen LogP contribution in [0, 0.1) is 0 Å². The summed E-state index contributed by atoms with van der Waals surface area (Å²) in [6.07, 6.45) is 0. The topological polar surface area (TPSA) is 42.8 Å². The molecule has 1 fully saturated rings. The van der Waals surface area contributed by atoms with Gasteiger partial charge in [-0.05, 0) is 25.1 Å². The highest BCUT2D eigenvalue weighted by Crippen LogP contribution is 2.22. The van der Waals surface area contributed by atoms with Gasteiger partial charge in [0.25, 0.3) is 5.91 Å². The number of ether oxygens (including phenoxy) is 1. The zero-order valence-corrected chi connectivity index (χ0v) is 16.2. The summed E-state index contributed by atoms with van der Waals surface area (Å²) in [4.78, 5) is 14.1. The molecule has 0 radical (unpaired) electrons. The monoisotopic (exact) mass is 393 g/mol. The van der Waals surface area contributed by atoms with Gasteiger partial charge in [-0.1, -0.05) is 53.5 Å². The average molecular weight is 394 g/mol. The number of carbonyl (C=O) groups is 1. The van der Waals surface area contributed by atoms with Crippen LogP contribution in [0.5, 0.6) is 0 Å². The molecule has 2 aromatic carbocycles. The van der Waals surface area contributed by atoms with Gasteiger partial charge in [-0.2, -0.15) is 0 Å². The fourth-order valence-electron chi connectivity index (χ4n) is 3.52. The van der Waals surface area contributed by atoms with Crippen LogP contribution < -0.4 is 10.2 Å². The van der Waals surface area contributed by atoms with Gasteiger partial charge >= 0.3 is 0 Å². The van der Waals surface area contributed by atoms with Crippen LogP contribution in [0.1, 0.15) is 28.9 Å². The quantitative estimate of drug-likeness (QED) is 0.819. The third kappa shape index (κ3) is 4.57. The van der Waals surface area contributed by atoms with Crippen molar-refractivity contribution in [1.82, 2.24) is 5.32 Å². The van der Waals surface area contributed by atoms with Gasteiger partial charge in [-0.3, -0.25) is 4.79 Å². The number of carbonyl (C=O) groups excluding carboxylic acids is 1. The number of rotatable bonds is 5. The van der Waals surface area contributed by atoms with E-state index in [1.165, 1.54) is 10.5 Å². The molecule has 1 saturated heterocycles. The standard InChI is InChI=1S/C20H22Cl2N2O2/c1-14(23-20(25)17-8-7-16(21)13-18(17)22)19(15-5-3-2-4-6-15)24-9-11-26-12-10-24/h2-8,13-14,19H,9-12H2,1H3,(H,23,25)/p+1/t14-,19-/m0/s1. The van der Waals surface area contributed by atoms with E-state index in [4.69, 9.17) is 27.9 Å². The van der Waals surface area contributed by atoms with E-state index in [0.717, 1.165) is 26.3 Å². The number of amides is 1. The van der Waals surface area contributed by atoms with E-state index in [2.05, 4.69) is 17.4 Å². The van der Waals surface area contributed by atoms with Crippen molar-refractivity contribution in [2.75, 3.05) is 26.3 Å². The number of morpholine rings is 1. The Hall–Kier alpha value is -1.59. The summed E-state index contributed by atoms with van der Waals surface area (Å²) in [6.45, 7) is 5.36. The molecular weight excluding hydrogens is 371 g/mol. The van der Waals surface area contributed by atoms with Crippen LogP contribution in [0.3, 0.4) is 0 Å². The van der Waals surface area contributed by atoms with Crippen molar-refractivity contribution in [1.29, 1.82) is 0 Å². The lowest BCUT2D eigenvalue weighted by molar-refractivity contribution is -0.940. The van der Waals surface area contributed by atoms with Crippen molar-refractivity contribution in [2.24, 2.45) is 0 Å². The zero-order valence-electron chi connectivity index (χ0n) is 14.7. The molecule has 1 aliphatic rings. The van der Waals surface area contributed by atoms with E-state index in [-0.39, 0.29) is 18.0 Å². The Kier molecular flexibility index (Phi) is 6.54. The smallest absolute Gasteiger partial charge is 0.253 e. The number of benzene rings is 2. The summed E-state index contributed by atoms with van der Waals surface area (Å²) >= 11 is 12.1. The van der Waals surface area contributed by atoms with E-state index < -0.39 is 0 Å². The summed E-state index contributed by atoms with van der Waals surface area (Å²) in [6, 6.07) is 15.3. The molecule has 26 heavy (non-hydrogen) atoms. The van der Waals surface area contributed by atoms with E-state index in [1.54, 1.807) is 18.2 Å². The number of nitrogens with one attached hydrogen (secondary N) is 2. The predicted molar refractivity (Wildman–Crippen MR) is 104 cm³/mol. The van der Waals surface area contributed by atoms with Crippen LogP contribution in [0.15, 0.2) is 48.5 Å². The molecule has 0 spiro atoms. The highest BCUT2D eigenvalue weighted by Gasteiger charge is 2.32. The summed E-state index contributed by atoms with van der Waals surface area (Å²) in [5.41, 5.74) is 1.64. The number of halogens is 2. The van der Waals surface area contributed by atoms with Gasteiger partial charge < -0.3 is 15.0 Å². The molecule has 1 heterocycles. The summed E-state index contributed by atoms with van der Waals surface area (Å²) in [5, 5.41) is 4.00. The molecule has 0 aliphatic carbocycles. The second-order valence-corrected chi connectivity index (χ2v) is 7.39. The molecular formula is C20H23Cl2N2O2+. The molecule has 138 valence electrons. The summed E-state index contributed by atoms with van der Waals surface area (Å²) < 4.78 is 5.50. The van der Waals surface area contributed by atoms with Gasteiger partial charge in [-0.15, -0.1) is 0 Å². The maximum Gasteiger partial charge on any atom is 0.253 e. The van der Waals surface area contributed by atoms with Gasteiger partial charge in [0.15, 0.2) is 0 Å². The molecule has 0 saturated carbocycles. The molecule has 2 N–H and O–H groups in total. The van der Waals surface area contributed by atoms with E-state index in [1.807, 2.05) is 25.1 Å². The molecule has 1 amide bonds. The molecule has 2 aromatic rings. The van der Waals surface area contributed by atoms with Crippen molar-refractivity contribution < 1.29 is 14.4 Å². The lowest BCUT2D eigenvalue weighted by atomic mass is 9.97. The summed E-state index contributed by atoms with van der Waals surface area (Å²) in [7, 11) is 0. The van der Waals surface area contributed by atoms with Crippen LogP contribution in [0.4, 0.5) is 0 Å². The number of quaternary nitrogens is 1. The van der Waals surface area contributed by atoms with Crippen LogP contribution in [-0.4, -0.2) is 38.3 Å². The molecule has 4 nitrogen and oxygen atoms in total. The molecule has 6 heteroatoms. The highest BCUT2D eigenvalue weighted by atomic mass is 35.5. The Morgan fingerprint density at radius 3 is 2.46 bits per heavy atom. The van der Waals surface area contributed by atoms with Crippen LogP contribution in [0.2, 0.25) is 10.0 Å². The second kappa shape index (κ2) is 8.87. The first-order valence-electron chi connectivity index (χ1n) is 8.79. The molecule has 2 atom stereocenters. The Bertz CT molecular complexity index is 749. The summed E-state index contributed by atoms with van der Waals surface area (Å²) in [5.74, 6) is -0.187. The van der Waals surface area contributed by atoms with Gasteiger partial charge in [0.1, 0.15) is 19.1 Å². The Balaban J connectivity index is 1.80. The molecule has 1 aliphatic heterocycles. The van der Waals surface area contributed by atoms with Crippen molar-refractivity contribution in [3.05, 3.63) is 69.7 Å². The van der Waals surface area contributed by atoms with Crippen LogP contribution >= 0.6 is 23.2 Å². The lowest BCUT2D eigenvalue weighted by Gasteiger charge is -2.35. The molecule has 0 unspecified atom stereocenters. The molecule has 3 rings (SSSR count). The first kappa shape index (κ1) is 19.2. The molecule has 0 aromatic heterocycles. The second-order valence-electron chi connectivity index (χ2n) is 6.55. The van der Waals surface area contributed by atoms with E-state index in [0.29, 0.717) is 15.6 Å². The third-order valence-electron chi connectivity index (χ3n) is 4.77. The Morgan fingerprint density at radius 2 is 1.81 bits per heavy atom. The SMILES string of the molecule is C[C@H](NC(=O)c1ccc(Cl)cc1Cl)[C@@H](c1ccccc1)[NH+]1CCOCC1. The minimum Gasteiger partial charge on any atom is -0.370 e. The van der Waals surface area contributed by atoms with Crippen molar-refractivity contribution in [2.45, 2.75) is 19.0 Å². The zero-order chi connectivity index (χ0) is 18.5. The molecule has 0 bridgehead atoms. The maximum atomic E-state index is 12.7. The Morgan fingerprint density at radius 1 is 1.12 bits per heavy atom. The Labute approximate surface area is 164 Å². The maximum absolute atomic E-state index is 12.7. The van der Waals surface area contributed by atoms with E-state index in [9.17, 15) is 4.79 Å². The minimum absolute atomic E-state index is 0.0651. The van der Waals surface area contributed by atoms with Gasteiger partial charge in [-0.25, -0.2) is 0 Å². The van der Waals surface area contributed by atoms with Crippen molar-refractivity contribution in [3.63, 3.8) is 0 Å². The van der Waals surface area contributed by atoms with Gasteiger partial charge in [0, 0.05) is 10.6 Å². The van der Waals surface area contributed by atoms with E-state index >= 15 is 0 Å². The van der Waals surface area contributed by atoms with Crippen molar-refractivity contribution in [3.8, 4) is 0 Å². The number of hydrogen-bond donors (Lipinski definition) is 2. The largest absolute Gasteiger partial charge is 0.370 e. The van der Waals surface area contributed by atoms with Gasteiger partial charge in [0.05, 0.1) is 29.8 Å². The fourth-order valence-corrected chi connectivity index (χ4v) is 4.02. The highest BCUT2D eigenvalue weighted by molar-refractivity contribution is 6.36. The normalized spacial score (nSPS) is 17.5. The predicted octanol–water partition coefficient (Wildman–Crippen LogP) is 2.77. The fraction of sp³-hybridized carbons (Fsp3) is 0.350.